The monoisotopic (exact) mass is 346 g/mol. The summed E-state index contributed by atoms with van der Waals surface area (Å²) in [7, 11) is 0. The van der Waals surface area contributed by atoms with Gasteiger partial charge in [-0.15, -0.1) is 0 Å². The van der Waals surface area contributed by atoms with E-state index < -0.39 is 0 Å². The van der Waals surface area contributed by atoms with E-state index in [1.165, 1.54) is 32.2 Å². The van der Waals surface area contributed by atoms with E-state index in [0.717, 1.165) is 37.2 Å². The van der Waals surface area contributed by atoms with Crippen molar-refractivity contribution in [3.63, 3.8) is 0 Å². The first-order valence-corrected chi connectivity index (χ1v) is 9.20. The fraction of sp³-hybridized carbons (Fsp3) is 0.556. The van der Waals surface area contributed by atoms with Crippen molar-refractivity contribution in [2.24, 2.45) is 5.92 Å². The number of aromatic nitrogens is 2. The minimum atomic E-state index is 0.631. The Hall–Kier alpha value is -1.43. The molecule has 4 rings (SSSR count). The molecule has 1 atom stereocenters. The van der Waals surface area contributed by atoms with Crippen molar-refractivity contribution in [2.45, 2.75) is 38.3 Å². The second-order valence-corrected chi connectivity index (χ2v) is 7.27. The summed E-state index contributed by atoms with van der Waals surface area (Å²) in [5, 5.41) is 8.45. The maximum Gasteiger partial charge on any atom is 0.241 e. The van der Waals surface area contributed by atoms with Crippen molar-refractivity contribution in [1.29, 1.82) is 0 Å². The zero-order valence-corrected chi connectivity index (χ0v) is 14.5. The van der Waals surface area contributed by atoms with Crippen LogP contribution in [0.5, 0.6) is 0 Å². The molecule has 2 aliphatic rings. The first kappa shape index (κ1) is 16.1. The first-order chi connectivity index (χ1) is 11.8. The molecule has 5 nitrogen and oxygen atoms in total. The van der Waals surface area contributed by atoms with Crippen LogP contribution in [0.15, 0.2) is 28.8 Å². The highest BCUT2D eigenvalue weighted by molar-refractivity contribution is 6.30. The average molecular weight is 347 g/mol. The summed E-state index contributed by atoms with van der Waals surface area (Å²) in [6.45, 7) is 4.16. The van der Waals surface area contributed by atoms with Crippen LogP contribution in [-0.4, -0.2) is 40.7 Å². The minimum absolute atomic E-state index is 0.631. The molecule has 1 N–H and O–H groups in total. The lowest BCUT2D eigenvalue weighted by Crippen LogP contribution is -2.40. The number of nitrogens with zero attached hydrogens (tertiary/aromatic N) is 3. The molecular formula is C18H23ClN4O. The van der Waals surface area contributed by atoms with E-state index in [-0.39, 0.29) is 0 Å². The van der Waals surface area contributed by atoms with E-state index in [4.69, 9.17) is 16.1 Å². The Morgan fingerprint density at radius 1 is 1.17 bits per heavy atom. The van der Waals surface area contributed by atoms with E-state index in [0.29, 0.717) is 16.7 Å². The van der Waals surface area contributed by atoms with Gasteiger partial charge >= 0.3 is 0 Å². The maximum absolute atomic E-state index is 5.92. The molecule has 128 valence electrons. The van der Waals surface area contributed by atoms with E-state index >= 15 is 0 Å². The third-order valence-electron chi connectivity index (χ3n) is 5.23. The van der Waals surface area contributed by atoms with Crippen LogP contribution >= 0.6 is 11.6 Å². The number of piperidine rings is 1. The summed E-state index contributed by atoms with van der Waals surface area (Å²) >= 11 is 5.92. The summed E-state index contributed by atoms with van der Waals surface area (Å²) in [5.74, 6) is 2.15. The molecule has 0 spiro atoms. The topological polar surface area (TPSA) is 54.2 Å². The fourth-order valence-electron chi connectivity index (χ4n) is 3.85. The molecule has 24 heavy (non-hydrogen) atoms. The van der Waals surface area contributed by atoms with Crippen LogP contribution in [0.25, 0.3) is 11.4 Å². The molecule has 0 bridgehead atoms. The van der Waals surface area contributed by atoms with Crippen molar-refractivity contribution in [3.05, 3.63) is 35.2 Å². The number of rotatable bonds is 4. The van der Waals surface area contributed by atoms with E-state index in [1.54, 1.807) is 0 Å². The number of hydrogen-bond acceptors (Lipinski definition) is 5. The average Bonchev–Trinajstić information content (AvgIpc) is 3.28. The molecule has 0 aliphatic carbocycles. The van der Waals surface area contributed by atoms with E-state index in [9.17, 15) is 0 Å². The molecule has 0 radical (unpaired) electrons. The largest absolute Gasteiger partial charge is 0.338 e. The van der Waals surface area contributed by atoms with Crippen LogP contribution in [0.4, 0.5) is 0 Å². The summed E-state index contributed by atoms with van der Waals surface area (Å²) in [5.41, 5.74) is 0.931. The Morgan fingerprint density at radius 2 is 1.96 bits per heavy atom. The molecule has 2 aromatic rings. The number of hydrogen-bond donors (Lipinski definition) is 1. The van der Waals surface area contributed by atoms with E-state index in [2.05, 4.69) is 20.4 Å². The number of likely N-dealkylation sites (tertiary alicyclic amines) is 1. The normalized spacial score (nSPS) is 23.0. The molecule has 1 aromatic carbocycles. The quantitative estimate of drug-likeness (QED) is 0.920. The lowest BCUT2D eigenvalue weighted by atomic mass is 9.88. The zero-order chi connectivity index (χ0) is 16.4. The third-order valence-corrected chi connectivity index (χ3v) is 5.48. The SMILES string of the molecule is Clc1ccc(-c2noc(CN3CCC(C4CCCN4)CC3)n2)cc1. The smallest absolute Gasteiger partial charge is 0.241 e. The van der Waals surface area contributed by atoms with Gasteiger partial charge in [0.05, 0.1) is 6.54 Å². The standard InChI is InChI=1S/C18H23ClN4O/c19-15-5-3-14(4-6-15)18-21-17(24-22-18)12-23-10-7-13(8-11-23)16-2-1-9-20-16/h3-6,13,16,20H,1-2,7-12H2. The van der Waals surface area contributed by atoms with Crippen molar-refractivity contribution in [2.75, 3.05) is 19.6 Å². The van der Waals surface area contributed by atoms with Crippen molar-refractivity contribution in [1.82, 2.24) is 20.4 Å². The van der Waals surface area contributed by atoms with Crippen LogP contribution in [0.1, 0.15) is 31.6 Å². The Labute approximate surface area is 147 Å². The Bertz CT molecular complexity index is 658. The Morgan fingerprint density at radius 3 is 2.67 bits per heavy atom. The molecule has 0 amide bonds. The van der Waals surface area contributed by atoms with Gasteiger partial charge in [-0.05, 0) is 75.5 Å². The van der Waals surface area contributed by atoms with Crippen molar-refractivity contribution in [3.8, 4) is 11.4 Å². The van der Waals surface area contributed by atoms with Crippen LogP contribution in [-0.2, 0) is 6.54 Å². The van der Waals surface area contributed by atoms with Crippen LogP contribution in [0, 0.1) is 5.92 Å². The second kappa shape index (κ2) is 7.21. The van der Waals surface area contributed by atoms with E-state index in [1.807, 2.05) is 24.3 Å². The van der Waals surface area contributed by atoms with Gasteiger partial charge in [-0.2, -0.15) is 4.98 Å². The molecule has 0 saturated carbocycles. The van der Waals surface area contributed by atoms with Crippen molar-refractivity contribution >= 4 is 11.6 Å². The predicted molar refractivity (Wildman–Crippen MR) is 93.8 cm³/mol. The highest BCUT2D eigenvalue weighted by Crippen LogP contribution is 2.26. The third kappa shape index (κ3) is 3.63. The molecule has 2 aliphatic heterocycles. The number of halogens is 1. The predicted octanol–water partition coefficient (Wildman–Crippen LogP) is 3.35. The maximum atomic E-state index is 5.92. The second-order valence-electron chi connectivity index (χ2n) is 6.84. The number of nitrogens with one attached hydrogen (secondary N) is 1. The fourth-order valence-corrected chi connectivity index (χ4v) is 3.98. The van der Waals surface area contributed by atoms with Crippen LogP contribution < -0.4 is 5.32 Å². The van der Waals surface area contributed by atoms with Gasteiger partial charge in [0, 0.05) is 16.6 Å². The van der Waals surface area contributed by atoms with Crippen molar-refractivity contribution < 1.29 is 4.52 Å². The minimum Gasteiger partial charge on any atom is -0.338 e. The zero-order valence-electron chi connectivity index (χ0n) is 13.7. The van der Waals surface area contributed by atoms with Gasteiger partial charge in [0.15, 0.2) is 0 Å². The lowest BCUT2D eigenvalue weighted by molar-refractivity contribution is 0.143. The van der Waals surface area contributed by atoms with Gasteiger partial charge < -0.3 is 9.84 Å². The highest BCUT2D eigenvalue weighted by atomic mass is 35.5. The Balaban J connectivity index is 1.32. The summed E-state index contributed by atoms with van der Waals surface area (Å²) in [6.07, 6.45) is 5.20. The van der Waals surface area contributed by atoms with Crippen LogP contribution in [0.3, 0.4) is 0 Å². The van der Waals surface area contributed by atoms with Gasteiger partial charge in [0.25, 0.3) is 0 Å². The van der Waals surface area contributed by atoms with Gasteiger partial charge in [-0.1, -0.05) is 16.8 Å². The summed E-state index contributed by atoms with van der Waals surface area (Å²) in [6, 6.07) is 8.25. The van der Waals surface area contributed by atoms with Gasteiger partial charge in [0.1, 0.15) is 0 Å². The molecule has 6 heteroatoms. The molecule has 3 heterocycles. The molecule has 2 fully saturated rings. The summed E-state index contributed by atoms with van der Waals surface area (Å²) in [4.78, 5) is 6.95. The molecule has 2 saturated heterocycles. The number of benzene rings is 1. The summed E-state index contributed by atoms with van der Waals surface area (Å²) < 4.78 is 5.43. The molecule has 1 aromatic heterocycles. The highest BCUT2D eigenvalue weighted by Gasteiger charge is 2.28. The van der Waals surface area contributed by atoms with Crippen LogP contribution in [0.2, 0.25) is 5.02 Å². The Kier molecular flexibility index (Phi) is 4.83. The first-order valence-electron chi connectivity index (χ1n) is 8.82. The van der Waals surface area contributed by atoms with Gasteiger partial charge in [-0.25, -0.2) is 0 Å². The molecular weight excluding hydrogens is 324 g/mol. The van der Waals surface area contributed by atoms with Gasteiger partial charge in [-0.3, -0.25) is 4.90 Å². The molecule has 1 unspecified atom stereocenters. The lowest BCUT2D eigenvalue weighted by Gasteiger charge is -2.34. The van der Waals surface area contributed by atoms with Gasteiger partial charge in [0.2, 0.25) is 11.7 Å².